The fraction of sp³-hybridized carbons (Fsp3) is 0.143. The molecule has 0 spiro atoms. The van der Waals surface area contributed by atoms with E-state index in [4.69, 9.17) is 0 Å². The lowest BCUT2D eigenvalue weighted by atomic mass is 9.99. The van der Waals surface area contributed by atoms with Crippen molar-refractivity contribution in [2.75, 3.05) is 11.4 Å². The van der Waals surface area contributed by atoms with E-state index in [9.17, 15) is 4.79 Å². The Bertz CT molecular complexity index is 551. The zero-order valence-electron chi connectivity index (χ0n) is 9.34. The second kappa shape index (κ2) is 4.01. The summed E-state index contributed by atoms with van der Waals surface area (Å²) < 4.78 is 0. The van der Waals surface area contributed by atoms with Gasteiger partial charge in [0.05, 0.1) is 0 Å². The number of aromatic nitrogens is 1. The number of hydrogen-bond acceptors (Lipinski definition) is 2. The molecule has 17 heavy (non-hydrogen) atoms. The largest absolute Gasteiger partial charge is 0.308 e. The molecule has 2 aromatic rings. The van der Waals surface area contributed by atoms with Crippen LogP contribution < -0.4 is 4.90 Å². The zero-order valence-corrected chi connectivity index (χ0v) is 9.34. The summed E-state index contributed by atoms with van der Waals surface area (Å²) >= 11 is 0. The molecule has 0 radical (unpaired) electrons. The van der Waals surface area contributed by atoms with Gasteiger partial charge in [-0.2, -0.15) is 0 Å². The Morgan fingerprint density at radius 3 is 2.65 bits per heavy atom. The summed E-state index contributed by atoms with van der Waals surface area (Å²) in [6, 6.07) is 11.5. The average Bonchev–Trinajstić information content (AvgIpc) is 2.40. The van der Waals surface area contributed by atoms with Gasteiger partial charge in [0.2, 0.25) is 0 Å². The Labute approximate surface area is 99.7 Å². The van der Waals surface area contributed by atoms with Crippen LogP contribution in [0.25, 0.3) is 0 Å². The lowest BCUT2D eigenvalue weighted by Gasteiger charge is -2.28. The lowest BCUT2D eigenvalue weighted by molar-refractivity contribution is 0.0980. The zero-order chi connectivity index (χ0) is 11.7. The maximum Gasteiger partial charge on any atom is 0.258 e. The van der Waals surface area contributed by atoms with E-state index >= 15 is 0 Å². The van der Waals surface area contributed by atoms with Crippen LogP contribution in [0.3, 0.4) is 0 Å². The van der Waals surface area contributed by atoms with Gasteiger partial charge in [-0.15, -0.1) is 0 Å². The highest BCUT2D eigenvalue weighted by Gasteiger charge is 2.24. The molecular weight excluding hydrogens is 212 g/mol. The molecule has 3 rings (SSSR count). The summed E-state index contributed by atoms with van der Waals surface area (Å²) in [6.45, 7) is 0.736. The van der Waals surface area contributed by atoms with Gasteiger partial charge in [0.15, 0.2) is 0 Å². The summed E-state index contributed by atoms with van der Waals surface area (Å²) in [5, 5.41) is 0. The molecule has 1 aliphatic rings. The molecule has 0 atom stereocenters. The van der Waals surface area contributed by atoms with Crippen LogP contribution in [-0.4, -0.2) is 17.4 Å². The van der Waals surface area contributed by atoms with Crippen molar-refractivity contribution in [1.29, 1.82) is 0 Å². The van der Waals surface area contributed by atoms with Crippen molar-refractivity contribution >= 4 is 11.6 Å². The molecule has 1 amide bonds. The van der Waals surface area contributed by atoms with Gasteiger partial charge in [0.25, 0.3) is 5.91 Å². The molecule has 0 N–H and O–H groups in total. The molecule has 1 aromatic heterocycles. The Balaban J connectivity index is 2.00. The van der Waals surface area contributed by atoms with Gasteiger partial charge < -0.3 is 4.90 Å². The van der Waals surface area contributed by atoms with E-state index in [-0.39, 0.29) is 5.91 Å². The maximum absolute atomic E-state index is 12.3. The van der Waals surface area contributed by atoms with E-state index in [1.807, 2.05) is 41.3 Å². The molecule has 3 nitrogen and oxygen atoms in total. The summed E-state index contributed by atoms with van der Waals surface area (Å²) in [6.07, 6.45) is 4.33. The van der Waals surface area contributed by atoms with E-state index < -0.39 is 0 Å². The Kier molecular flexibility index (Phi) is 2.37. The Hall–Kier alpha value is -2.16. The third-order valence-electron chi connectivity index (χ3n) is 3.07. The highest BCUT2D eigenvalue weighted by atomic mass is 16.2. The highest BCUT2D eigenvalue weighted by molar-refractivity contribution is 6.08. The van der Waals surface area contributed by atoms with E-state index in [0.29, 0.717) is 0 Å². The molecular formula is C14H12N2O. The minimum Gasteiger partial charge on any atom is -0.308 e. The number of nitrogens with zero attached hydrogens (tertiary/aromatic N) is 2. The number of rotatable bonds is 1. The Morgan fingerprint density at radius 2 is 1.82 bits per heavy atom. The first-order chi connectivity index (χ1) is 8.36. The summed E-state index contributed by atoms with van der Waals surface area (Å²) in [4.78, 5) is 18.1. The number of carbonyl (C=O) groups excluding carboxylic acids is 1. The highest BCUT2D eigenvalue weighted by Crippen LogP contribution is 2.23. The maximum atomic E-state index is 12.3. The first kappa shape index (κ1) is 10.0. The van der Waals surface area contributed by atoms with E-state index in [1.54, 1.807) is 12.4 Å². The molecule has 0 unspecified atom stereocenters. The standard InChI is InChI=1S/C14H12N2O/c17-14-13-4-2-1-3-11(13)7-10-16(14)12-5-8-15-9-6-12/h1-6,8-9H,7,10H2. The predicted octanol–water partition coefficient (Wildman–Crippen LogP) is 2.28. The van der Waals surface area contributed by atoms with Crippen LogP contribution in [-0.2, 0) is 6.42 Å². The number of hydrogen-bond donors (Lipinski definition) is 0. The van der Waals surface area contributed by atoms with Gasteiger partial charge in [-0.05, 0) is 30.2 Å². The van der Waals surface area contributed by atoms with E-state index in [2.05, 4.69) is 4.98 Å². The molecule has 1 aromatic carbocycles. The number of benzene rings is 1. The van der Waals surface area contributed by atoms with Crippen LogP contribution in [0.15, 0.2) is 48.8 Å². The molecule has 3 heteroatoms. The van der Waals surface area contributed by atoms with Crippen LogP contribution in [0.5, 0.6) is 0 Å². The molecule has 0 fully saturated rings. The van der Waals surface area contributed by atoms with Crippen molar-refractivity contribution < 1.29 is 4.79 Å². The molecule has 2 heterocycles. The quantitative estimate of drug-likeness (QED) is 0.744. The van der Waals surface area contributed by atoms with E-state index in [1.165, 1.54) is 0 Å². The van der Waals surface area contributed by atoms with Gasteiger partial charge in [-0.3, -0.25) is 9.78 Å². The van der Waals surface area contributed by atoms with Gasteiger partial charge in [0, 0.05) is 30.2 Å². The van der Waals surface area contributed by atoms with Crippen LogP contribution in [0, 0.1) is 0 Å². The SMILES string of the molecule is O=C1c2ccccc2CCN1c1ccncc1. The molecule has 0 saturated heterocycles. The number of amides is 1. The Morgan fingerprint density at radius 1 is 1.06 bits per heavy atom. The van der Waals surface area contributed by atoms with Gasteiger partial charge in [0.1, 0.15) is 0 Å². The first-order valence-electron chi connectivity index (χ1n) is 5.66. The summed E-state index contributed by atoms with van der Waals surface area (Å²) in [5.74, 6) is 0.0815. The monoisotopic (exact) mass is 224 g/mol. The summed E-state index contributed by atoms with van der Waals surface area (Å²) in [7, 11) is 0. The lowest BCUT2D eigenvalue weighted by Crippen LogP contribution is -2.37. The van der Waals surface area contributed by atoms with Crippen LogP contribution in [0.2, 0.25) is 0 Å². The van der Waals surface area contributed by atoms with Crippen LogP contribution in [0.4, 0.5) is 5.69 Å². The number of anilines is 1. The second-order valence-corrected chi connectivity index (χ2v) is 4.07. The number of pyridine rings is 1. The molecule has 84 valence electrons. The van der Waals surface area contributed by atoms with Crippen molar-refractivity contribution in [1.82, 2.24) is 4.98 Å². The normalized spacial score (nSPS) is 14.6. The van der Waals surface area contributed by atoms with Gasteiger partial charge >= 0.3 is 0 Å². The van der Waals surface area contributed by atoms with Crippen molar-refractivity contribution in [2.24, 2.45) is 0 Å². The van der Waals surface area contributed by atoms with Gasteiger partial charge in [-0.1, -0.05) is 18.2 Å². The predicted molar refractivity (Wildman–Crippen MR) is 66.1 cm³/mol. The fourth-order valence-electron chi connectivity index (χ4n) is 2.20. The fourth-order valence-corrected chi connectivity index (χ4v) is 2.20. The molecule has 0 saturated carbocycles. The van der Waals surface area contributed by atoms with Crippen molar-refractivity contribution in [3.63, 3.8) is 0 Å². The van der Waals surface area contributed by atoms with E-state index in [0.717, 1.165) is 29.8 Å². The van der Waals surface area contributed by atoms with Crippen LogP contribution >= 0.6 is 0 Å². The summed E-state index contributed by atoms with van der Waals surface area (Å²) in [5.41, 5.74) is 2.87. The smallest absolute Gasteiger partial charge is 0.258 e. The third-order valence-corrected chi connectivity index (χ3v) is 3.07. The van der Waals surface area contributed by atoms with Crippen molar-refractivity contribution in [3.8, 4) is 0 Å². The molecule has 0 bridgehead atoms. The van der Waals surface area contributed by atoms with Gasteiger partial charge in [-0.25, -0.2) is 0 Å². The van der Waals surface area contributed by atoms with Crippen LogP contribution in [0.1, 0.15) is 15.9 Å². The second-order valence-electron chi connectivity index (χ2n) is 4.07. The third kappa shape index (κ3) is 1.69. The topological polar surface area (TPSA) is 33.2 Å². The number of carbonyl (C=O) groups is 1. The molecule has 0 aliphatic carbocycles. The van der Waals surface area contributed by atoms with Crippen molar-refractivity contribution in [2.45, 2.75) is 6.42 Å². The molecule has 1 aliphatic heterocycles. The minimum absolute atomic E-state index is 0.0815. The average molecular weight is 224 g/mol. The number of fused-ring (bicyclic) bond motifs is 1. The minimum atomic E-state index is 0.0815. The van der Waals surface area contributed by atoms with Crippen molar-refractivity contribution in [3.05, 3.63) is 59.9 Å². The first-order valence-corrected chi connectivity index (χ1v) is 5.66.